The number of methoxy groups -OCH3 is 1. The highest BCUT2D eigenvalue weighted by atomic mass is 16.6. The number of ether oxygens (including phenoxy) is 2. The number of nitroso groups, excluding NO2 is 1. The topological polar surface area (TPSA) is 119 Å². The summed E-state index contributed by atoms with van der Waals surface area (Å²) in [6.45, 7) is 6.15. The Morgan fingerprint density at radius 1 is 1.18 bits per heavy atom. The number of carbonyl (C=O) groups excluding carboxylic acids is 2. The Hall–Kier alpha value is -3.23. The standard InChI is InChI=1S/C19H24N4O5/c1-19(2,3)28-18(25)21-9-5-8-20-16-14(17(24)23-26)10-12-6-7-13(27-4)11-15(12)22-16/h6-7,10-11H,5,8-9H2,1-4H3,(H,20,22)(H,21,25). The molecule has 150 valence electrons. The second-order valence-electron chi connectivity index (χ2n) is 7.05. The smallest absolute Gasteiger partial charge is 0.407 e. The van der Waals surface area contributed by atoms with Crippen LogP contribution >= 0.6 is 0 Å². The maximum Gasteiger partial charge on any atom is 0.407 e. The SMILES string of the molecule is COc1ccc2cc(C(=O)N=O)c(NCCCNC(=O)OC(C)(C)C)nc2c1. The van der Waals surface area contributed by atoms with Crippen LogP contribution in [0.3, 0.4) is 0 Å². The normalized spacial score (nSPS) is 11.0. The molecule has 0 radical (unpaired) electrons. The minimum absolute atomic E-state index is 0.0905. The van der Waals surface area contributed by atoms with Gasteiger partial charge in [-0.15, -0.1) is 4.91 Å². The van der Waals surface area contributed by atoms with Crippen LogP contribution in [0.1, 0.15) is 37.6 Å². The van der Waals surface area contributed by atoms with Crippen LogP contribution in [-0.2, 0) is 4.74 Å². The van der Waals surface area contributed by atoms with Crippen LogP contribution in [0.25, 0.3) is 10.9 Å². The van der Waals surface area contributed by atoms with Gasteiger partial charge in [-0.3, -0.25) is 4.79 Å². The van der Waals surface area contributed by atoms with Gasteiger partial charge < -0.3 is 20.1 Å². The molecule has 0 bridgehead atoms. The second-order valence-corrected chi connectivity index (χ2v) is 7.05. The van der Waals surface area contributed by atoms with E-state index < -0.39 is 17.6 Å². The first kappa shape index (κ1) is 21.1. The second kappa shape index (κ2) is 9.12. The van der Waals surface area contributed by atoms with Crippen molar-refractivity contribution >= 4 is 28.7 Å². The van der Waals surface area contributed by atoms with E-state index in [2.05, 4.69) is 20.8 Å². The molecule has 0 unspecified atom stereocenters. The van der Waals surface area contributed by atoms with Crippen LogP contribution in [0.4, 0.5) is 10.6 Å². The fourth-order valence-corrected chi connectivity index (χ4v) is 2.42. The first-order valence-corrected chi connectivity index (χ1v) is 8.80. The average molecular weight is 388 g/mol. The average Bonchev–Trinajstić information content (AvgIpc) is 2.64. The van der Waals surface area contributed by atoms with E-state index >= 15 is 0 Å². The van der Waals surface area contributed by atoms with Crippen molar-refractivity contribution in [3.05, 3.63) is 34.7 Å². The van der Waals surface area contributed by atoms with Crippen LogP contribution in [0.5, 0.6) is 5.75 Å². The van der Waals surface area contributed by atoms with Crippen molar-refractivity contribution < 1.29 is 19.1 Å². The van der Waals surface area contributed by atoms with Gasteiger partial charge in [0.25, 0.3) is 0 Å². The lowest BCUT2D eigenvalue weighted by atomic mass is 10.1. The highest BCUT2D eigenvalue weighted by Gasteiger charge is 2.17. The van der Waals surface area contributed by atoms with Crippen LogP contribution in [0.15, 0.2) is 29.4 Å². The molecule has 2 amide bonds. The molecule has 9 heteroatoms. The predicted molar refractivity (Wildman–Crippen MR) is 106 cm³/mol. The van der Waals surface area contributed by atoms with Gasteiger partial charge in [-0.1, -0.05) is 0 Å². The van der Waals surface area contributed by atoms with Crippen LogP contribution in [-0.4, -0.2) is 42.8 Å². The molecule has 28 heavy (non-hydrogen) atoms. The van der Waals surface area contributed by atoms with Gasteiger partial charge in [0.1, 0.15) is 17.2 Å². The van der Waals surface area contributed by atoms with Crippen molar-refractivity contribution in [1.82, 2.24) is 10.3 Å². The van der Waals surface area contributed by atoms with Crippen LogP contribution in [0, 0.1) is 4.91 Å². The summed E-state index contributed by atoms with van der Waals surface area (Å²) in [5, 5.41) is 8.84. The lowest BCUT2D eigenvalue weighted by Crippen LogP contribution is -2.33. The van der Waals surface area contributed by atoms with E-state index in [9.17, 15) is 14.5 Å². The molecule has 1 heterocycles. The summed E-state index contributed by atoms with van der Waals surface area (Å²) in [5.41, 5.74) is 0.138. The number of benzene rings is 1. The summed E-state index contributed by atoms with van der Waals surface area (Å²) in [4.78, 5) is 38.6. The third kappa shape index (κ3) is 5.90. The van der Waals surface area contributed by atoms with Gasteiger partial charge in [0, 0.05) is 29.7 Å². The number of hydrogen-bond acceptors (Lipinski definition) is 7. The Kier molecular flexibility index (Phi) is 6.86. The molecule has 2 aromatic rings. The van der Waals surface area contributed by atoms with Gasteiger partial charge in [-0.05, 0) is 45.4 Å². The molecule has 0 spiro atoms. The molecular formula is C19H24N4O5. The molecule has 2 N–H and O–H groups in total. The van der Waals surface area contributed by atoms with Crippen molar-refractivity contribution in [2.75, 3.05) is 25.5 Å². The van der Waals surface area contributed by atoms with Crippen LogP contribution < -0.4 is 15.4 Å². The fraction of sp³-hybridized carbons (Fsp3) is 0.421. The number of amides is 2. The largest absolute Gasteiger partial charge is 0.497 e. The third-order valence-electron chi connectivity index (χ3n) is 3.65. The van der Waals surface area contributed by atoms with E-state index in [1.54, 1.807) is 52.1 Å². The maximum atomic E-state index is 11.9. The Morgan fingerprint density at radius 3 is 2.57 bits per heavy atom. The lowest BCUT2D eigenvalue weighted by molar-refractivity contribution is 0.0527. The summed E-state index contributed by atoms with van der Waals surface area (Å²) < 4.78 is 10.3. The third-order valence-corrected chi connectivity index (χ3v) is 3.65. The van der Waals surface area contributed by atoms with Gasteiger partial charge in [0.05, 0.1) is 18.2 Å². The molecule has 2 rings (SSSR count). The van der Waals surface area contributed by atoms with Gasteiger partial charge >= 0.3 is 12.0 Å². The van der Waals surface area contributed by atoms with E-state index in [4.69, 9.17) is 9.47 Å². The molecule has 0 saturated heterocycles. The van der Waals surface area contributed by atoms with E-state index in [0.717, 1.165) is 0 Å². The fourth-order valence-electron chi connectivity index (χ4n) is 2.42. The van der Waals surface area contributed by atoms with Crippen molar-refractivity contribution in [2.24, 2.45) is 5.18 Å². The summed E-state index contributed by atoms with van der Waals surface area (Å²) in [7, 11) is 1.55. The zero-order valence-corrected chi connectivity index (χ0v) is 16.4. The van der Waals surface area contributed by atoms with E-state index in [-0.39, 0.29) is 11.4 Å². The number of pyridine rings is 1. The Bertz CT molecular complexity index is 876. The number of aromatic nitrogens is 1. The van der Waals surface area contributed by atoms with E-state index in [0.29, 0.717) is 36.2 Å². The molecule has 0 fully saturated rings. The summed E-state index contributed by atoms with van der Waals surface area (Å²) >= 11 is 0. The first-order chi connectivity index (χ1) is 13.2. The molecule has 9 nitrogen and oxygen atoms in total. The summed E-state index contributed by atoms with van der Waals surface area (Å²) in [6, 6.07) is 6.78. The van der Waals surface area contributed by atoms with Crippen molar-refractivity contribution in [3.63, 3.8) is 0 Å². The number of alkyl carbamates (subject to hydrolysis) is 1. The van der Waals surface area contributed by atoms with E-state index in [1.807, 2.05) is 0 Å². The predicted octanol–water partition coefficient (Wildman–Crippen LogP) is 3.48. The Labute approximate surface area is 162 Å². The van der Waals surface area contributed by atoms with Crippen LogP contribution in [0.2, 0.25) is 0 Å². The van der Waals surface area contributed by atoms with Crippen molar-refractivity contribution in [3.8, 4) is 5.75 Å². The molecular weight excluding hydrogens is 364 g/mol. The lowest BCUT2D eigenvalue weighted by Gasteiger charge is -2.19. The number of nitrogens with one attached hydrogen (secondary N) is 2. The van der Waals surface area contributed by atoms with Crippen molar-refractivity contribution in [2.45, 2.75) is 32.8 Å². The highest BCUT2D eigenvalue weighted by molar-refractivity contribution is 6.02. The summed E-state index contributed by atoms with van der Waals surface area (Å²) in [5.74, 6) is -0.0256. The first-order valence-electron chi connectivity index (χ1n) is 8.80. The quantitative estimate of drug-likeness (QED) is 0.550. The minimum atomic E-state index is -0.903. The number of fused-ring (bicyclic) bond motifs is 1. The zero-order valence-electron chi connectivity index (χ0n) is 16.4. The van der Waals surface area contributed by atoms with Gasteiger partial charge in [-0.2, -0.15) is 0 Å². The molecule has 1 aromatic heterocycles. The van der Waals surface area contributed by atoms with Gasteiger partial charge in [0.15, 0.2) is 0 Å². The van der Waals surface area contributed by atoms with Gasteiger partial charge in [0.2, 0.25) is 0 Å². The van der Waals surface area contributed by atoms with Gasteiger partial charge in [-0.25, -0.2) is 9.78 Å². The number of anilines is 1. The minimum Gasteiger partial charge on any atom is -0.497 e. The number of hydrogen-bond donors (Lipinski definition) is 2. The Morgan fingerprint density at radius 2 is 1.93 bits per heavy atom. The zero-order chi connectivity index (χ0) is 20.7. The van der Waals surface area contributed by atoms with Crippen molar-refractivity contribution in [1.29, 1.82) is 0 Å². The maximum absolute atomic E-state index is 11.9. The number of nitrogens with zero attached hydrogens (tertiary/aromatic N) is 2. The molecule has 0 saturated carbocycles. The molecule has 0 aliphatic carbocycles. The Balaban J connectivity index is 2.04. The molecule has 0 atom stereocenters. The van der Waals surface area contributed by atoms with E-state index in [1.165, 1.54) is 0 Å². The molecule has 1 aromatic carbocycles. The highest BCUT2D eigenvalue weighted by Crippen LogP contribution is 2.25. The monoisotopic (exact) mass is 388 g/mol. The summed E-state index contributed by atoms with van der Waals surface area (Å²) in [6.07, 6.45) is 0.0589. The number of rotatable bonds is 7. The molecule has 0 aliphatic rings. The molecule has 0 aliphatic heterocycles. The number of carbonyl (C=O) groups is 2.